The Kier molecular flexibility index (Phi) is 6.99. The van der Waals surface area contributed by atoms with Gasteiger partial charge in [0, 0.05) is 22.2 Å². The molecule has 276 valence electrons. The van der Waals surface area contributed by atoms with E-state index in [2.05, 4.69) is 199 Å². The Hall–Kier alpha value is -6.18. The third-order valence-corrected chi connectivity index (χ3v) is 13.1. The van der Waals surface area contributed by atoms with Crippen molar-refractivity contribution in [3.63, 3.8) is 0 Å². The minimum absolute atomic E-state index is 0.0177. The number of aromatic nitrogens is 1. The summed E-state index contributed by atoms with van der Waals surface area (Å²) in [6, 6.07) is 53.2. The molecule has 1 heterocycles. The normalized spacial score (nSPS) is 12.9. The summed E-state index contributed by atoms with van der Waals surface area (Å²) in [6.45, 7) is 18.8. The van der Waals surface area contributed by atoms with Gasteiger partial charge in [-0.2, -0.15) is 0 Å². The molecule has 11 aromatic rings. The van der Waals surface area contributed by atoms with E-state index in [0.29, 0.717) is 0 Å². The molecule has 0 saturated heterocycles. The smallest absolute Gasteiger partial charge is 0.0612 e. The molecule has 0 radical (unpaired) electrons. The molecule has 0 aliphatic carbocycles. The zero-order valence-electron chi connectivity index (χ0n) is 34.2. The summed E-state index contributed by atoms with van der Waals surface area (Å²) >= 11 is 0. The van der Waals surface area contributed by atoms with Crippen molar-refractivity contribution in [3.05, 3.63) is 162 Å². The second kappa shape index (κ2) is 11.7. The first-order valence-electron chi connectivity index (χ1n) is 20.5. The monoisotopic (exact) mass is 733 g/mol. The average molecular weight is 734 g/mol. The summed E-state index contributed by atoms with van der Waals surface area (Å²) in [5, 5.41) is 19.8. The lowest BCUT2D eigenvalue weighted by molar-refractivity contribution is 0.593. The van der Waals surface area contributed by atoms with Gasteiger partial charge < -0.3 is 4.57 Å². The zero-order valence-corrected chi connectivity index (χ0v) is 34.2. The van der Waals surface area contributed by atoms with Crippen LogP contribution in [0.1, 0.15) is 63.9 Å². The molecule has 0 unspecified atom stereocenters. The van der Waals surface area contributed by atoms with Crippen LogP contribution in [-0.2, 0) is 10.8 Å². The van der Waals surface area contributed by atoms with Gasteiger partial charge in [0.1, 0.15) is 0 Å². The molecule has 0 spiro atoms. The van der Waals surface area contributed by atoms with Crippen LogP contribution in [0.4, 0.5) is 0 Å². The Morgan fingerprint density at radius 1 is 0.368 bits per heavy atom. The van der Waals surface area contributed by atoms with E-state index in [9.17, 15) is 0 Å². The van der Waals surface area contributed by atoms with Crippen LogP contribution < -0.4 is 0 Å². The summed E-state index contributed by atoms with van der Waals surface area (Å²) in [5.41, 5.74) is 10.5. The molecule has 10 aromatic carbocycles. The topological polar surface area (TPSA) is 4.93 Å². The fourth-order valence-electron chi connectivity index (χ4n) is 10.7. The van der Waals surface area contributed by atoms with E-state index in [0.717, 1.165) is 0 Å². The third-order valence-electron chi connectivity index (χ3n) is 13.1. The number of fused-ring (bicyclic) bond motifs is 7. The van der Waals surface area contributed by atoms with E-state index < -0.39 is 0 Å². The fourth-order valence-corrected chi connectivity index (χ4v) is 10.7. The molecular formula is C56H47N. The largest absolute Gasteiger partial charge is 0.313 e. The molecule has 1 nitrogen and oxygen atoms in total. The molecule has 57 heavy (non-hydrogen) atoms. The van der Waals surface area contributed by atoms with Gasteiger partial charge >= 0.3 is 0 Å². The lowest BCUT2D eigenvalue weighted by atomic mass is 9.74. The molecule has 0 N–H and O–H groups in total. The van der Waals surface area contributed by atoms with E-state index in [1.807, 2.05) is 0 Å². The van der Waals surface area contributed by atoms with Crippen LogP contribution >= 0.6 is 0 Å². The lowest BCUT2D eigenvalue weighted by Gasteiger charge is -2.30. The van der Waals surface area contributed by atoms with Gasteiger partial charge in [-0.3, -0.25) is 0 Å². The Morgan fingerprint density at radius 3 is 1.58 bits per heavy atom. The van der Waals surface area contributed by atoms with Gasteiger partial charge in [0.05, 0.1) is 5.52 Å². The molecule has 1 heteroatoms. The van der Waals surface area contributed by atoms with Crippen LogP contribution in [-0.4, -0.2) is 4.57 Å². The Bertz CT molecular complexity index is 3470. The van der Waals surface area contributed by atoms with E-state index in [-0.39, 0.29) is 10.8 Å². The molecule has 1 aromatic heterocycles. The first-order chi connectivity index (χ1) is 27.4. The number of benzene rings is 10. The fraction of sp³-hybridized carbons (Fsp3) is 0.179. The van der Waals surface area contributed by atoms with Gasteiger partial charge in [0.25, 0.3) is 0 Å². The maximum absolute atomic E-state index is 2.54. The number of hydrogen-bond donors (Lipinski definition) is 0. The predicted octanol–water partition coefficient (Wildman–Crippen LogP) is 16.0. The maximum atomic E-state index is 2.54. The second-order valence-electron chi connectivity index (χ2n) is 18.6. The van der Waals surface area contributed by atoms with Crippen LogP contribution in [0.25, 0.3) is 103 Å². The Labute approximate surface area is 334 Å². The van der Waals surface area contributed by atoms with E-state index in [1.165, 1.54) is 126 Å². The molecule has 0 saturated carbocycles. The van der Waals surface area contributed by atoms with Crippen LogP contribution in [0.15, 0.2) is 140 Å². The highest BCUT2D eigenvalue weighted by molar-refractivity contribution is 6.27. The number of nitrogens with zero attached hydrogens (tertiary/aromatic N) is 1. The number of rotatable bonds is 2. The summed E-state index contributed by atoms with van der Waals surface area (Å²) in [5.74, 6) is 0. The minimum Gasteiger partial charge on any atom is -0.313 e. The number of aryl methyl sites for hydroxylation is 1. The van der Waals surface area contributed by atoms with Crippen molar-refractivity contribution >= 4 is 86.3 Å². The first-order valence-corrected chi connectivity index (χ1v) is 20.5. The number of hydrogen-bond acceptors (Lipinski definition) is 0. The molecule has 11 rings (SSSR count). The van der Waals surface area contributed by atoms with Crippen LogP contribution in [0.2, 0.25) is 0 Å². The van der Waals surface area contributed by atoms with Crippen molar-refractivity contribution in [1.29, 1.82) is 0 Å². The van der Waals surface area contributed by atoms with Crippen molar-refractivity contribution < 1.29 is 0 Å². The van der Waals surface area contributed by atoms with Crippen LogP contribution in [0, 0.1) is 13.8 Å². The van der Waals surface area contributed by atoms with Gasteiger partial charge in [-0.25, -0.2) is 0 Å². The Balaban J connectivity index is 1.18. The second-order valence-corrected chi connectivity index (χ2v) is 18.6. The van der Waals surface area contributed by atoms with Crippen molar-refractivity contribution in [2.45, 2.75) is 66.2 Å². The lowest BCUT2D eigenvalue weighted by Crippen LogP contribution is -2.17. The highest BCUT2D eigenvalue weighted by atomic mass is 15.0. The molecule has 0 aliphatic heterocycles. The maximum Gasteiger partial charge on any atom is 0.0612 e. The molecule has 0 atom stereocenters. The standard InChI is InChI=1S/C56H47N/c1-32-33(2)57(37-23-26-47-49(31-37)53(56(6,7)8)46-16-10-9-15-45(46)52(47)55(3,4)5)54-38(32)27-28-43-40-18-12-17-39(41(40)29-30-48(43)54)42-24-21-36-20-19-34-13-11-14-35-22-25-44(42)51(36)50(34)35/h9-31H,1-8H3. The van der Waals surface area contributed by atoms with Gasteiger partial charge in [0.2, 0.25) is 0 Å². The molecule has 0 amide bonds. The van der Waals surface area contributed by atoms with Gasteiger partial charge in [-0.05, 0) is 135 Å². The molecule has 0 aliphatic rings. The summed E-state index contributed by atoms with van der Waals surface area (Å²) in [7, 11) is 0. The SMILES string of the molecule is Cc1c(C)n(-c2ccc3c(C(C)(C)C)c4ccccc4c(C(C)(C)C)c3c2)c2c1ccc1c3cccc(-c4ccc5ccc6cccc7ccc4c5c67)c3ccc12. The van der Waals surface area contributed by atoms with Crippen LogP contribution in [0.3, 0.4) is 0 Å². The summed E-state index contributed by atoms with van der Waals surface area (Å²) < 4.78 is 2.54. The quantitative estimate of drug-likeness (QED) is 0.123. The molecule has 0 fully saturated rings. The molecular weight excluding hydrogens is 687 g/mol. The van der Waals surface area contributed by atoms with Crippen molar-refractivity contribution in [1.82, 2.24) is 4.57 Å². The van der Waals surface area contributed by atoms with E-state index >= 15 is 0 Å². The summed E-state index contributed by atoms with van der Waals surface area (Å²) in [4.78, 5) is 0. The van der Waals surface area contributed by atoms with Crippen molar-refractivity contribution in [2.24, 2.45) is 0 Å². The van der Waals surface area contributed by atoms with Crippen molar-refractivity contribution in [3.8, 4) is 16.8 Å². The van der Waals surface area contributed by atoms with E-state index in [1.54, 1.807) is 0 Å². The summed E-state index contributed by atoms with van der Waals surface area (Å²) in [6.07, 6.45) is 0. The molecule has 0 bridgehead atoms. The van der Waals surface area contributed by atoms with Crippen molar-refractivity contribution in [2.75, 3.05) is 0 Å². The Morgan fingerprint density at radius 2 is 0.860 bits per heavy atom. The van der Waals surface area contributed by atoms with Gasteiger partial charge in [0.15, 0.2) is 0 Å². The minimum atomic E-state index is -0.0470. The zero-order chi connectivity index (χ0) is 39.1. The highest BCUT2D eigenvalue weighted by Gasteiger charge is 2.28. The van der Waals surface area contributed by atoms with Gasteiger partial charge in [-0.15, -0.1) is 0 Å². The highest BCUT2D eigenvalue weighted by Crippen LogP contribution is 2.46. The first kappa shape index (κ1) is 34.1. The predicted molar refractivity (Wildman–Crippen MR) is 249 cm³/mol. The van der Waals surface area contributed by atoms with Crippen LogP contribution in [0.5, 0.6) is 0 Å². The average Bonchev–Trinajstić information content (AvgIpc) is 3.46. The van der Waals surface area contributed by atoms with E-state index in [4.69, 9.17) is 0 Å². The third kappa shape index (κ3) is 4.75. The van der Waals surface area contributed by atoms with Gasteiger partial charge in [-0.1, -0.05) is 169 Å².